The summed E-state index contributed by atoms with van der Waals surface area (Å²) in [4.78, 5) is 51.9. The van der Waals surface area contributed by atoms with E-state index in [0.717, 1.165) is 0 Å². The van der Waals surface area contributed by atoms with Gasteiger partial charge in [0.2, 0.25) is 0 Å². The maximum atomic E-state index is 12.5. The van der Waals surface area contributed by atoms with Gasteiger partial charge in [0, 0.05) is 19.0 Å². The Morgan fingerprint density at radius 1 is 0.860 bits per heavy atom. The first-order chi connectivity index (χ1) is 19.1. The molecule has 0 unspecified atom stereocenters. The lowest BCUT2D eigenvalue weighted by atomic mass is 10.1. The lowest BCUT2D eigenvalue weighted by Gasteiger charge is -2.36. The van der Waals surface area contributed by atoms with Gasteiger partial charge in [0.1, 0.15) is 39.8 Å². The number of rotatable bonds is 11. The van der Waals surface area contributed by atoms with Crippen molar-refractivity contribution in [2.45, 2.75) is 163 Å². The van der Waals surface area contributed by atoms with Crippen LogP contribution in [0.5, 0.6) is 0 Å². The van der Waals surface area contributed by atoms with Crippen molar-refractivity contribution in [2.24, 2.45) is 0 Å². The molecule has 1 aliphatic heterocycles. The number of carbonyl (C=O) groups is 4. The second-order valence-corrected chi connectivity index (χ2v) is 25.1. The monoisotopic (exact) mass is 644 g/mol. The van der Waals surface area contributed by atoms with Crippen LogP contribution >= 0.6 is 0 Å². The van der Waals surface area contributed by atoms with Crippen molar-refractivity contribution in [1.29, 1.82) is 0 Å². The smallest absolute Gasteiger partial charge is 0.335 e. The van der Waals surface area contributed by atoms with Gasteiger partial charge in [-0.3, -0.25) is 9.59 Å². The van der Waals surface area contributed by atoms with E-state index in [0.29, 0.717) is 18.4 Å². The van der Waals surface area contributed by atoms with E-state index in [4.69, 9.17) is 18.9 Å². The topological polar surface area (TPSA) is 120 Å². The van der Waals surface area contributed by atoms with E-state index < -0.39 is 39.8 Å². The fraction of sp³-hybridized carbons (Fsp3) is 0.806. The van der Waals surface area contributed by atoms with Gasteiger partial charge in [-0.15, -0.1) is 0 Å². The van der Waals surface area contributed by atoms with Gasteiger partial charge in [0.15, 0.2) is 0 Å². The van der Waals surface area contributed by atoms with Crippen molar-refractivity contribution >= 4 is 40.3 Å². The minimum Gasteiger partial charge on any atom is -0.463 e. The molecule has 43 heavy (non-hydrogen) atoms. The zero-order valence-electron chi connectivity index (χ0n) is 29.7. The van der Waals surface area contributed by atoms with E-state index in [1.807, 2.05) is 73.8 Å². The first kappa shape index (κ1) is 40.8. The number of esters is 4. The van der Waals surface area contributed by atoms with E-state index in [1.54, 1.807) is 6.20 Å². The highest BCUT2D eigenvalue weighted by Crippen LogP contribution is 2.30. The summed E-state index contributed by atoms with van der Waals surface area (Å²) in [5.74, 6) is -1.21. The Morgan fingerprint density at radius 2 is 1.35 bits per heavy atom. The van der Waals surface area contributed by atoms with E-state index in [2.05, 4.69) is 44.3 Å². The second-order valence-electron chi connectivity index (χ2n) is 15.5. The molecule has 10 nitrogen and oxygen atoms in total. The molecule has 0 spiro atoms. The second kappa shape index (κ2) is 16.2. The molecular formula is C31H60N2O8Si2. The van der Waals surface area contributed by atoms with Gasteiger partial charge in [-0.2, -0.15) is 0 Å². The molecule has 2 atom stereocenters. The van der Waals surface area contributed by atoms with Crippen molar-refractivity contribution in [3.63, 3.8) is 0 Å². The van der Waals surface area contributed by atoms with Crippen LogP contribution in [0.25, 0.3) is 0 Å². The average molecular weight is 645 g/mol. The van der Waals surface area contributed by atoms with Gasteiger partial charge in [-0.05, 0) is 75.7 Å². The molecule has 0 saturated heterocycles. The quantitative estimate of drug-likeness (QED) is 0.165. The van der Waals surface area contributed by atoms with Crippen LogP contribution in [0.15, 0.2) is 11.8 Å². The summed E-state index contributed by atoms with van der Waals surface area (Å²) < 4.78 is 23.3. The van der Waals surface area contributed by atoms with Crippen molar-refractivity contribution in [1.82, 2.24) is 9.55 Å². The summed E-state index contributed by atoms with van der Waals surface area (Å²) in [6.07, 6.45) is 2.44. The molecule has 0 amide bonds. The molecule has 250 valence electrons. The van der Waals surface area contributed by atoms with Crippen LogP contribution in [0.1, 0.15) is 88.5 Å². The first-order valence-electron chi connectivity index (χ1n) is 15.2. The Balaban J connectivity index is 0.000000822. The number of ether oxygens (including phenoxy) is 4. The minimum absolute atomic E-state index is 0.137. The molecule has 1 rings (SSSR count). The zero-order valence-corrected chi connectivity index (χ0v) is 31.7. The lowest BCUT2D eigenvalue weighted by molar-refractivity contribution is -0.159. The average Bonchev–Trinajstić information content (AvgIpc) is 3.19. The minimum atomic E-state index is -1.80. The number of hydrogen-bond donors (Lipinski definition) is 1. The summed E-state index contributed by atoms with van der Waals surface area (Å²) in [7, 11) is -3.47. The number of hydrogen-bond acceptors (Lipinski definition) is 10. The molecule has 0 radical (unpaired) electrons. The molecule has 0 saturated carbocycles. The Hall–Kier alpha value is -2.19. The molecule has 1 aliphatic rings. The Kier molecular flexibility index (Phi) is 15.4. The lowest BCUT2D eigenvalue weighted by Crippen LogP contribution is -2.52. The molecular weight excluding hydrogens is 585 g/mol. The van der Waals surface area contributed by atoms with E-state index >= 15 is 0 Å². The summed E-state index contributed by atoms with van der Waals surface area (Å²) in [6, 6.07) is -0.892. The van der Waals surface area contributed by atoms with Crippen molar-refractivity contribution in [3.8, 4) is 0 Å². The van der Waals surface area contributed by atoms with Crippen LogP contribution in [-0.4, -0.2) is 80.4 Å². The Labute approximate surface area is 262 Å². The number of nitrogens with one attached hydrogen (secondary N) is 1. The van der Waals surface area contributed by atoms with E-state index in [-0.39, 0.29) is 42.5 Å². The maximum absolute atomic E-state index is 12.5. The van der Waals surface area contributed by atoms with Gasteiger partial charge in [0.05, 0.1) is 17.8 Å². The summed E-state index contributed by atoms with van der Waals surface area (Å²) in [5, 5.41) is 0. The molecule has 0 aromatic rings. The third-order valence-electron chi connectivity index (χ3n) is 5.41. The predicted molar refractivity (Wildman–Crippen MR) is 175 cm³/mol. The molecule has 12 heteroatoms. The van der Waals surface area contributed by atoms with Crippen molar-refractivity contribution in [3.05, 3.63) is 11.8 Å². The van der Waals surface area contributed by atoms with Crippen molar-refractivity contribution < 1.29 is 38.1 Å². The number of carbonyl (C=O) groups excluding carboxylic acids is 4. The van der Waals surface area contributed by atoms with Gasteiger partial charge < -0.3 is 28.5 Å². The molecule has 0 aromatic carbocycles. The highest BCUT2D eigenvalue weighted by molar-refractivity contribution is 6.74. The predicted octanol–water partition coefficient (Wildman–Crippen LogP) is 5.93. The Morgan fingerprint density at radius 3 is 1.74 bits per heavy atom. The van der Waals surface area contributed by atoms with Gasteiger partial charge >= 0.3 is 23.9 Å². The van der Waals surface area contributed by atoms with E-state index in [9.17, 15) is 19.2 Å². The van der Waals surface area contributed by atoms with Crippen LogP contribution in [0.4, 0.5) is 0 Å². The first-order valence-corrected chi connectivity index (χ1v) is 22.2. The van der Waals surface area contributed by atoms with Gasteiger partial charge in [-0.25, -0.2) is 9.59 Å². The zero-order chi connectivity index (χ0) is 34.1. The van der Waals surface area contributed by atoms with Crippen LogP contribution in [0, 0.1) is 0 Å². The van der Waals surface area contributed by atoms with Gasteiger partial charge in [0.25, 0.3) is 0 Å². The molecule has 0 fully saturated rings. The van der Waals surface area contributed by atoms with Crippen LogP contribution in [0.3, 0.4) is 0 Å². The summed E-state index contributed by atoms with van der Waals surface area (Å²) in [5.41, 5.74) is -0.523. The Bertz CT molecular complexity index is 984. The summed E-state index contributed by atoms with van der Waals surface area (Å²) >= 11 is 0. The van der Waals surface area contributed by atoms with Crippen LogP contribution in [0.2, 0.25) is 39.3 Å². The highest BCUT2D eigenvalue weighted by atomic mass is 28.3. The fourth-order valence-corrected chi connectivity index (χ4v) is 6.98. The largest absolute Gasteiger partial charge is 0.463 e. The van der Waals surface area contributed by atoms with Gasteiger partial charge in [-0.1, -0.05) is 39.3 Å². The van der Waals surface area contributed by atoms with Crippen molar-refractivity contribution in [2.75, 3.05) is 0 Å². The molecule has 1 heterocycles. The maximum Gasteiger partial charge on any atom is 0.335 e. The summed E-state index contributed by atoms with van der Waals surface area (Å²) in [6.45, 7) is 31.0. The molecule has 0 aromatic heterocycles. The molecule has 0 bridgehead atoms. The fourth-order valence-electron chi connectivity index (χ4n) is 4.00. The highest BCUT2D eigenvalue weighted by Gasteiger charge is 2.41. The normalized spacial score (nSPS) is 16.7. The third-order valence-corrected chi connectivity index (χ3v) is 8.61. The molecule has 1 N–H and O–H groups in total. The third kappa shape index (κ3) is 18.3. The number of nitrogens with zero attached hydrogens (tertiary/aromatic N) is 1. The van der Waals surface area contributed by atoms with Crippen LogP contribution in [-0.2, 0) is 38.1 Å². The molecule has 0 aliphatic carbocycles. The SMILES string of the molecule is CC(C)OC(=O)C1=CN([Si](C)(C)C)[C@@H](C(=O)OC(C)(C)C)C1.CC(C)OC(=O)CC[C@@H](N[Si](C)(C)C)C(=O)OC(C)(C)C. The van der Waals surface area contributed by atoms with Crippen LogP contribution < -0.4 is 4.98 Å². The standard InChI is InChI=1S/C16H29NO4Si.C15H31NO4Si/c1-11(2)20-14(18)12-9-13(15(19)21-16(3,4)5)17(10-12)22(6,7)8;1-11(2)19-13(17)10-9-12(16-21(6,7)8)14(18)20-15(3,4)5/h10-11,13H,9H2,1-8H3;11-12,16H,9-10H2,1-8H3/t13-;12-/m11/s1. The van der Waals surface area contributed by atoms with E-state index in [1.165, 1.54) is 0 Å².